The highest BCUT2D eigenvalue weighted by atomic mass is 16.6. The molecule has 2 aromatic heterocycles. The van der Waals surface area contributed by atoms with Gasteiger partial charge in [-0.1, -0.05) is 0 Å². The summed E-state index contributed by atoms with van der Waals surface area (Å²) in [5.41, 5.74) is 5.09. The van der Waals surface area contributed by atoms with E-state index in [9.17, 15) is 19.8 Å². The third-order valence-corrected chi connectivity index (χ3v) is 4.39. The van der Waals surface area contributed by atoms with E-state index in [1.54, 1.807) is 0 Å². The number of hydrogen-bond donors (Lipinski definition) is 7. The number of imidazole rings is 1. The minimum Gasteiger partial charge on any atom is -0.394 e. The smallest absolute Gasteiger partial charge is 0.280 e. The van der Waals surface area contributed by atoms with Crippen molar-refractivity contribution in [2.75, 3.05) is 25.9 Å². The SMILES string of the molecule is CN[C@@H](CO)C(=O)NC[C@H]1O[C@@H](n2cnc3c(=O)[nH]c(N)nc32)[C@H](O)[C@@H]1O. The Labute approximate surface area is 152 Å². The Morgan fingerprint density at radius 1 is 1.48 bits per heavy atom. The van der Waals surface area contributed by atoms with Gasteiger partial charge < -0.3 is 36.4 Å². The molecule has 13 nitrogen and oxygen atoms in total. The normalized spacial score (nSPS) is 26.4. The van der Waals surface area contributed by atoms with E-state index >= 15 is 0 Å². The van der Waals surface area contributed by atoms with Crippen molar-refractivity contribution in [2.24, 2.45) is 0 Å². The van der Waals surface area contributed by atoms with Crippen molar-refractivity contribution in [3.05, 3.63) is 16.7 Å². The Balaban J connectivity index is 1.77. The number of likely N-dealkylation sites (N-methyl/N-ethyl adjacent to an activating group) is 1. The molecule has 8 N–H and O–H groups in total. The summed E-state index contributed by atoms with van der Waals surface area (Å²) in [5.74, 6) is -0.615. The molecule has 0 saturated carbocycles. The largest absolute Gasteiger partial charge is 0.394 e. The van der Waals surface area contributed by atoms with Crippen molar-refractivity contribution < 1.29 is 24.9 Å². The molecule has 2 aromatic rings. The number of fused-ring (bicyclic) bond motifs is 1. The van der Waals surface area contributed by atoms with Gasteiger partial charge in [0, 0.05) is 6.54 Å². The van der Waals surface area contributed by atoms with Crippen molar-refractivity contribution in [3.8, 4) is 0 Å². The number of aromatic amines is 1. The number of nitrogens with one attached hydrogen (secondary N) is 3. The summed E-state index contributed by atoms with van der Waals surface area (Å²) < 4.78 is 6.94. The minimum absolute atomic E-state index is 0.00560. The van der Waals surface area contributed by atoms with Crippen LogP contribution in [-0.2, 0) is 9.53 Å². The summed E-state index contributed by atoms with van der Waals surface area (Å²) in [7, 11) is 1.52. The summed E-state index contributed by atoms with van der Waals surface area (Å²) in [6.07, 6.45) is -3.43. The molecule has 0 unspecified atom stereocenters. The molecule has 148 valence electrons. The predicted molar refractivity (Wildman–Crippen MR) is 91.4 cm³/mol. The highest BCUT2D eigenvalue weighted by Crippen LogP contribution is 2.30. The van der Waals surface area contributed by atoms with Gasteiger partial charge in [-0.3, -0.25) is 19.1 Å². The van der Waals surface area contributed by atoms with Gasteiger partial charge in [0.15, 0.2) is 17.4 Å². The van der Waals surface area contributed by atoms with E-state index in [0.717, 1.165) is 0 Å². The van der Waals surface area contributed by atoms with Crippen molar-refractivity contribution in [3.63, 3.8) is 0 Å². The minimum atomic E-state index is -1.36. The molecule has 1 aliphatic rings. The van der Waals surface area contributed by atoms with Crippen LogP contribution in [0.5, 0.6) is 0 Å². The van der Waals surface area contributed by atoms with Gasteiger partial charge in [-0.25, -0.2) is 4.98 Å². The number of nitrogens with two attached hydrogens (primary N) is 1. The molecular weight excluding hydrogens is 362 g/mol. The van der Waals surface area contributed by atoms with Gasteiger partial charge in [0.25, 0.3) is 5.56 Å². The predicted octanol–water partition coefficient (Wildman–Crippen LogP) is -3.98. The molecule has 1 amide bonds. The monoisotopic (exact) mass is 383 g/mol. The van der Waals surface area contributed by atoms with Gasteiger partial charge in [-0.2, -0.15) is 4.98 Å². The number of hydrogen-bond acceptors (Lipinski definition) is 10. The van der Waals surface area contributed by atoms with Crippen LogP contribution in [-0.4, -0.2) is 85.3 Å². The number of ether oxygens (including phenoxy) is 1. The number of nitrogen functional groups attached to an aromatic ring is 1. The van der Waals surface area contributed by atoms with Crippen LogP contribution in [0.2, 0.25) is 0 Å². The van der Waals surface area contributed by atoms with E-state index in [-0.39, 0.29) is 23.7 Å². The van der Waals surface area contributed by atoms with Crippen molar-refractivity contribution in [1.82, 2.24) is 30.2 Å². The van der Waals surface area contributed by atoms with E-state index in [4.69, 9.17) is 15.6 Å². The zero-order chi connectivity index (χ0) is 19.7. The zero-order valence-electron chi connectivity index (χ0n) is 14.4. The summed E-state index contributed by atoms with van der Waals surface area (Å²) in [6, 6.07) is -0.805. The lowest BCUT2D eigenvalue weighted by Gasteiger charge is -2.18. The Morgan fingerprint density at radius 2 is 2.22 bits per heavy atom. The molecule has 27 heavy (non-hydrogen) atoms. The number of amides is 1. The zero-order valence-corrected chi connectivity index (χ0v) is 14.4. The van der Waals surface area contributed by atoms with Crippen LogP contribution in [0.25, 0.3) is 11.2 Å². The molecule has 0 aromatic carbocycles. The van der Waals surface area contributed by atoms with Gasteiger partial charge in [-0.05, 0) is 7.05 Å². The van der Waals surface area contributed by atoms with E-state index in [2.05, 4.69) is 25.6 Å². The molecule has 1 fully saturated rings. The van der Waals surface area contributed by atoms with Gasteiger partial charge in [-0.15, -0.1) is 0 Å². The Bertz CT molecular complexity index is 878. The van der Waals surface area contributed by atoms with E-state index in [0.29, 0.717) is 0 Å². The first-order valence-electron chi connectivity index (χ1n) is 8.17. The average Bonchev–Trinajstić information content (AvgIpc) is 3.16. The van der Waals surface area contributed by atoms with Crippen molar-refractivity contribution in [2.45, 2.75) is 30.6 Å². The maximum absolute atomic E-state index is 11.9. The third-order valence-electron chi connectivity index (χ3n) is 4.39. The lowest BCUT2D eigenvalue weighted by Crippen LogP contribution is -2.48. The number of aliphatic hydroxyl groups excluding tert-OH is 3. The molecule has 13 heteroatoms. The molecule has 1 saturated heterocycles. The first-order valence-corrected chi connectivity index (χ1v) is 8.17. The number of anilines is 1. The molecule has 5 atom stereocenters. The lowest BCUT2D eigenvalue weighted by molar-refractivity contribution is -0.125. The van der Waals surface area contributed by atoms with Gasteiger partial charge in [0.05, 0.1) is 12.9 Å². The fraction of sp³-hybridized carbons (Fsp3) is 0.571. The molecule has 3 rings (SSSR count). The second-order valence-corrected chi connectivity index (χ2v) is 6.09. The van der Waals surface area contributed by atoms with E-state index < -0.39 is 48.7 Å². The fourth-order valence-electron chi connectivity index (χ4n) is 2.89. The van der Waals surface area contributed by atoms with E-state index in [1.165, 1.54) is 17.9 Å². The number of carbonyl (C=O) groups excluding carboxylic acids is 1. The molecule has 3 heterocycles. The van der Waals surface area contributed by atoms with Crippen molar-refractivity contribution >= 4 is 23.0 Å². The Morgan fingerprint density at radius 3 is 2.89 bits per heavy atom. The summed E-state index contributed by atoms with van der Waals surface area (Å²) in [5, 5.41) is 34.8. The average molecular weight is 383 g/mol. The van der Waals surface area contributed by atoms with E-state index in [1.807, 2.05) is 0 Å². The number of carbonyl (C=O) groups is 1. The number of H-pyrrole nitrogens is 1. The molecule has 0 spiro atoms. The quantitative estimate of drug-likeness (QED) is 0.258. The maximum Gasteiger partial charge on any atom is 0.280 e. The number of nitrogens with zero attached hydrogens (tertiary/aromatic N) is 3. The Kier molecular flexibility index (Phi) is 5.38. The van der Waals surface area contributed by atoms with Crippen LogP contribution in [0.3, 0.4) is 0 Å². The second-order valence-electron chi connectivity index (χ2n) is 6.09. The molecule has 0 radical (unpaired) electrons. The number of aliphatic hydroxyl groups is 3. The second kappa shape index (κ2) is 7.58. The van der Waals surface area contributed by atoms with Gasteiger partial charge in [0.2, 0.25) is 11.9 Å². The van der Waals surface area contributed by atoms with Crippen LogP contribution in [0, 0.1) is 0 Å². The molecular formula is C14H21N7O6. The van der Waals surface area contributed by atoms with Crippen LogP contribution in [0.1, 0.15) is 6.23 Å². The standard InChI is InChI=1S/C14H21N7O6/c1-16-5(3-22)11(25)17-2-6-8(23)9(24)13(27-6)21-4-18-7-10(21)19-14(15)20-12(7)26/h4-6,8-9,13,16,22-24H,2-3H2,1H3,(H,17,25)(H3,15,19,20,26)/t5-,6+,8+,9+,13+/m0/s1. The van der Waals surface area contributed by atoms with Crippen LogP contribution < -0.4 is 21.9 Å². The molecule has 0 bridgehead atoms. The number of rotatable bonds is 6. The summed E-state index contributed by atoms with van der Waals surface area (Å²) >= 11 is 0. The summed E-state index contributed by atoms with van der Waals surface area (Å²) in [6.45, 7) is -0.501. The molecule has 1 aliphatic heterocycles. The van der Waals surface area contributed by atoms with Gasteiger partial charge in [0.1, 0.15) is 24.4 Å². The highest BCUT2D eigenvalue weighted by molar-refractivity contribution is 5.81. The van der Waals surface area contributed by atoms with Crippen LogP contribution in [0.4, 0.5) is 5.95 Å². The Hall–Kier alpha value is -2.58. The van der Waals surface area contributed by atoms with Crippen molar-refractivity contribution in [1.29, 1.82) is 0 Å². The van der Waals surface area contributed by atoms with Crippen LogP contribution in [0.15, 0.2) is 11.1 Å². The third kappa shape index (κ3) is 3.50. The topological polar surface area (TPSA) is 201 Å². The molecule has 0 aliphatic carbocycles. The summed E-state index contributed by atoms with van der Waals surface area (Å²) in [4.78, 5) is 34.0. The lowest BCUT2D eigenvalue weighted by atomic mass is 10.1. The highest BCUT2D eigenvalue weighted by Gasteiger charge is 2.44. The number of aromatic nitrogens is 4. The first kappa shape index (κ1) is 19.2. The van der Waals surface area contributed by atoms with Crippen LogP contribution >= 0.6 is 0 Å². The van der Waals surface area contributed by atoms with Gasteiger partial charge >= 0.3 is 0 Å². The fourth-order valence-corrected chi connectivity index (χ4v) is 2.89. The first-order chi connectivity index (χ1) is 12.9. The maximum atomic E-state index is 11.9.